The van der Waals surface area contributed by atoms with E-state index in [0.29, 0.717) is 0 Å². The Morgan fingerprint density at radius 1 is 1.57 bits per heavy atom. The highest BCUT2D eigenvalue weighted by Crippen LogP contribution is 1.98. The number of likely N-dealkylation sites (N-methyl/N-ethyl adjacent to an activating group) is 1. The van der Waals surface area contributed by atoms with Crippen molar-refractivity contribution < 1.29 is 4.79 Å². The zero-order valence-electron chi connectivity index (χ0n) is 9.55. The third-order valence-electron chi connectivity index (χ3n) is 2.21. The second-order valence-corrected chi connectivity index (χ2v) is 3.61. The fourth-order valence-corrected chi connectivity index (χ4v) is 1.32. The maximum Gasteiger partial charge on any atom is 0.239 e. The number of amides is 1. The average Bonchev–Trinajstić information content (AvgIpc) is 2.17. The Hall–Kier alpha value is -0.610. The van der Waals surface area contributed by atoms with Gasteiger partial charge in [0, 0.05) is 13.6 Å². The molecule has 4 nitrogen and oxygen atoms in total. The zero-order valence-corrected chi connectivity index (χ0v) is 9.55. The lowest BCUT2D eigenvalue weighted by Gasteiger charge is -2.20. The Labute approximate surface area is 86.8 Å². The van der Waals surface area contributed by atoms with E-state index >= 15 is 0 Å². The normalized spacial score (nSPS) is 12.6. The Morgan fingerprint density at radius 3 is 2.71 bits per heavy atom. The standard InChI is InChI=1S/C10H23N3O/c1-4-6-9(11)10(14)13(3)8-5-7-12-2/h9,12H,4-8,11H2,1-3H3/t9-/m1/s1. The lowest BCUT2D eigenvalue weighted by Crippen LogP contribution is -2.42. The predicted molar refractivity (Wildman–Crippen MR) is 59.1 cm³/mol. The summed E-state index contributed by atoms with van der Waals surface area (Å²) < 4.78 is 0. The second-order valence-electron chi connectivity index (χ2n) is 3.61. The van der Waals surface area contributed by atoms with Gasteiger partial charge in [-0.15, -0.1) is 0 Å². The number of nitrogens with zero attached hydrogens (tertiary/aromatic N) is 1. The smallest absolute Gasteiger partial charge is 0.239 e. The van der Waals surface area contributed by atoms with Gasteiger partial charge in [-0.25, -0.2) is 0 Å². The zero-order chi connectivity index (χ0) is 11.0. The van der Waals surface area contributed by atoms with Crippen LogP contribution in [0.1, 0.15) is 26.2 Å². The molecule has 14 heavy (non-hydrogen) atoms. The summed E-state index contributed by atoms with van der Waals surface area (Å²) in [5.74, 6) is 0.0583. The second kappa shape index (κ2) is 7.76. The van der Waals surface area contributed by atoms with Crippen molar-refractivity contribution in [3.8, 4) is 0 Å². The van der Waals surface area contributed by atoms with Crippen LogP contribution in [-0.4, -0.2) is 44.0 Å². The van der Waals surface area contributed by atoms with Crippen molar-refractivity contribution in [2.24, 2.45) is 5.73 Å². The SMILES string of the molecule is CCC[C@@H](N)C(=O)N(C)CCCNC. The number of nitrogens with one attached hydrogen (secondary N) is 1. The van der Waals surface area contributed by atoms with Gasteiger partial charge in [0.2, 0.25) is 5.91 Å². The highest BCUT2D eigenvalue weighted by molar-refractivity contribution is 5.81. The largest absolute Gasteiger partial charge is 0.344 e. The van der Waals surface area contributed by atoms with Crippen molar-refractivity contribution in [1.82, 2.24) is 10.2 Å². The molecule has 0 spiro atoms. The summed E-state index contributed by atoms with van der Waals surface area (Å²) in [5.41, 5.74) is 5.73. The lowest BCUT2D eigenvalue weighted by atomic mass is 10.1. The monoisotopic (exact) mass is 201 g/mol. The maximum atomic E-state index is 11.6. The van der Waals surface area contributed by atoms with Crippen molar-refractivity contribution in [3.05, 3.63) is 0 Å². The Morgan fingerprint density at radius 2 is 2.21 bits per heavy atom. The molecule has 3 N–H and O–H groups in total. The van der Waals surface area contributed by atoms with E-state index in [-0.39, 0.29) is 11.9 Å². The molecule has 0 aromatic heterocycles. The van der Waals surface area contributed by atoms with Crippen LogP contribution in [0, 0.1) is 0 Å². The van der Waals surface area contributed by atoms with Gasteiger partial charge < -0.3 is 16.0 Å². The number of carbonyl (C=O) groups excluding carboxylic acids is 1. The summed E-state index contributed by atoms with van der Waals surface area (Å²) in [6.45, 7) is 3.74. The fraction of sp³-hybridized carbons (Fsp3) is 0.900. The summed E-state index contributed by atoms with van der Waals surface area (Å²) in [7, 11) is 3.72. The molecule has 84 valence electrons. The fourth-order valence-electron chi connectivity index (χ4n) is 1.32. The molecule has 0 saturated heterocycles. The first-order valence-electron chi connectivity index (χ1n) is 5.28. The van der Waals surface area contributed by atoms with E-state index in [2.05, 4.69) is 5.32 Å². The van der Waals surface area contributed by atoms with Crippen LogP contribution < -0.4 is 11.1 Å². The summed E-state index contributed by atoms with van der Waals surface area (Å²) in [4.78, 5) is 13.3. The molecule has 0 rings (SSSR count). The van der Waals surface area contributed by atoms with Crippen LogP contribution in [-0.2, 0) is 4.79 Å². The highest BCUT2D eigenvalue weighted by Gasteiger charge is 2.15. The summed E-state index contributed by atoms with van der Waals surface area (Å²) in [5, 5.41) is 3.05. The van der Waals surface area contributed by atoms with E-state index in [1.54, 1.807) is 4.90 Å². The maximum absolute atomic E-state index is 11.6. The molecule has 0 aliphatic rings. The van der Waals surface area contributed by atoms with Crippen LogP contribution >= 0.6 is 0 Å². The minimum atomic E-state index is -0.320. The van der Waals surface area contributed by atoms with Crippen LogP contribution in [0.4, 0.5) is 0 Å². The van der Waals surface area contributed by atoms with Crippen molar-refractivity contribution in [2.75, 3.05) is 27.2 Å². The van der Waals surface area contributed by atoms with Crippen LogP contribution in [0.5, 0.6) is 0 Å². The van der Waals surface area contributed by atoms with Gasteiger partial charge in [-0.05, 0) is 26.4 Å². The molecule has 0 bridgehead atoms. The van der Waals surface area contributed by atoms with Gasteiger partial charge >= 0.3 is 0 Å². The molecule has 0 heterocycles. The van der Waals surface area contributed by atoms with Crippen molar-refractivity contribution in [3.63, 3.8) is 0 Å². The first-order chi connectivity index (χ1) is 6.63. The molecule has 0 unspecified atom stereocenters. The minimum absolute atomic E-state index is 0.0583. The molecule has 1 atom stereocenters. The molecule has 0 aromatic rings. The van der Waals surface area contributed by atoms with Gasteiger partial charge in [0.05, 0.1) is 6.04 Å². The predicted octanol–water partition coefficient (Wildman–Crippen LogP) is 0.182. The molecule has 0 aliphatic heterocycles. The molecule has 0 radical (unpaired) electrons. The first-order valence-corrected chi connectivity index (χ1v) is 5.28. The molecule has 0 aromatic carbocycles. The van der Waals surface area contributed by atoms with E-state index < -0.39 is 0 Å². The average molecular weight is 201 g/mol. The van der Waals surface area contributed by atoms with E-state index in [9.17, 15) is 4.79 Å². The Balaban J connectivity index is 3.74. The Bertz CT molecular complexity index is 161. The van der Waals surface area contributed by atoms with E-state index in [0.717, 1.165) is 32.4 Å². The van der Waals surface area contributed by atoms with Gasteiger partial charge in [0.25, 0.3) is 0 Å². The van der Waals surface area contributed by atoms with Crippen molar-refractivity contribution in [2.45, 2.75) is 32.2 Å². The van der Waals surface area contributed by atoms with Gasteiger partial charge in [-0.2, -0.15) is 0 Å². The van der Waals surface area contributed by atoms with Crippen molar-refractivity contribution >= 4 is 5.91 Å². The van der Waals surface area contributed by atoms with Crippen LogP contribution in [0.15, 0.2) is 0 Å². The molecule has 1 amide bonds. The minimum Gasteiger partial charge on any atom is -0.344 e. The van der Waals surface area contributed by atoms with Gasteiger partial charge in [0.15, 0.2) is 0 Å². The third kappa shape index (κ3) is 5.19. The van der Waals surface area contributed by atoms with Crippen molar-refractivity contribution in [1.29, 1.82) is 0 Å². The number of carbonyl (C=O) groups is 1. The van der Waals surface area contributed by atoms with Crippen LogP contribution in [0.25, 0.3) is 0 Å². The van der Waals surface area contributed by atoms with E-state index in [1.807, 2.05) is 21.0 Å². The van der Waals surface area contributed by atoms with Crippen LogP contribution in [0.3, 0.4) is 0 Å². The molecule has 4 heteroatoms. The van der Waals surface area contributed by atoms with E-state index in [4.69, 9.17) is 5.73 Å². The number of hydrogen-bond acceptors (Lipinski definition) is 3. The first kappa shape index (κ1) is 13.4. The van der Waals surface area contributed by atoms with Gasteiger partial charge in [0.1, 0.15) is 0 Å². The van der Waals surface area contributed by atoms with Crippen LogP contribution in [0.2, 0.25) is 0 Å². The lowest BCUT2D eigenvalue weighted by molar-refractivity contribution is -0.131. The molecule has 0 aliphatic carbocycles. The van der Waals surface area contributed by atoms with Gasteiger partial charge in [-0.3, -0.25) is 4.79 Å². The highest BCUT2D eigenvalue weighted by atomic mass is 16.2. The number of nitrogens with two attached hydrogens (primary N) is 1. The topological polar surface area (TPSA) is 58.4 Å². The summed E-state index contributed by atoms with van der Waals surface area (Å²) in [6, 6.07) is -0.320. The molecule has 0 saturated carbocycles. The molecule has 0 fully saturated rings. The number of rotatable bonds is 7. The number of hydrogen-bond donors (Lipinski definition) is 2. The van der Waals surface area contributed by atoms with Gasteiger partial charge in [-0.1, -0.05) is 13.3 Å². The quantitative estimate of drug-likeness (QED) is 0.578. The molecular weight excluding hydrogens is 178 g/mol. The summed E-state index contributed by atoms with van der Waals surface area (Å²) in [6.07, 6.45) is 2.70. The molecular formula is C10H23N3O. The summed E-state index contributed by atoms with van der Waals surface area (Å²) >= 11 is 0. The van der Waals surface area contributed by atoms with E-state index in [1.165, 1.54) is 0 Å². The Kier molecular flexibility index (Phi) is 7.42. The third-order valence-corrected chi connectivity index (χ3v) is 2.21.